The van der Waals surface area contributed by atoms with E-state index in [0.717, 1.165) is 16.0 Å². The third-order valence-corrected chi connectivity index (χ3v) is 2.77. The lowest BCUT2D eigenvalue weighted by Crippen LogP contribution is -2.26. The Morgan fingerprint density at radius 1 is 1.33 bits per heavy atom. The van der Waals surface area contributed by atoms with Crippen LogP contribution in [0.4, 0.5) is 5.82 Å². The minimum atomic E-state index is -0.0352. The van der Waals surface area contributed by atoms with Crippen LogP contribution in [-0.2, 0) is 0 Å². The second kappa shape index (κ2) is 3.61. The van der Waals surface area contributed by atoms with Crippen LogP contribution < -0.4 is 5.32 Å². The van der Waals surface area contributed by atoms with Gasteiger partial charge in [0.1, 0.15) is 10.6 Å². The van der Waals surface area contributed by atoms with Gasteiger partial charge in [-0.1, -0.05) is 0 Å². The van der Waals surface area contributed by atoms with E-state index in [1.807, 2.05) is 11.4 Å². The standard InChI is InChI=1S/C10H12ClN3S/c1-10(2,3)14-7-6-4-5-15-8(6)13-9(11)12-7/h4-5H,1-3H3,(H,12,13,14). The highest BCUT2D eigenvalue weighted by Gasteiger charge is 2.14. The molecule has 0 spiro atoms. The molecule has 0 atom stereocenters. The second-order valence-electron chi connectivity index (χ2n) is 4.36. The summed E-state index contributed by atoms with van der Waals surface area (Å²) in [7, 11) is 0. The van der Waals surface area contributed by atoms with Gasteiger partial charge in [0.05, 0.1) is 5.39 Å². The molecule has 2 aromatic heterocycles. The van der Waals surface area contributed by atoms with E-state index < -0.39 is 0 Å². The molecule has 0 aliphatic heterocycles. The van der Waals surface area contributed by atoms with Crippen LogP contribution in [0.15, 0.2) is 11.4 Å². The van der Waals surface area contributed by atoms with Gasteiger partial charge >= 0.3 is 0 Å². The fourth-order valence-electron chi connectivity index (χ4n) is 1.28. The summed E-state index contributed by atoms with van der Waals surface area (Å²) in [6.45, 7) is 6.25. The lowest BCUT2D eigenvalue weighted by molar-refractivity contribution is 0.631. The number of halogens is 1. The van der Waals surface area contributed by atoms with Crippen LogP contribution in [0.25, 0.3) is 10.2 Å². The van der Waals surface area contributed by atoms with Crippen molar-refractivity contribution in [2.75, 3.05) is 5.32 Å². The molecule has 2 rings (SSSR count). The Balaban J connectivity index is 2.53. The van der Waals surface area contributed by atoms with E-state index in [4.69, 9.17) is 11.6 Å². The molecule has 2 aromatic rings. The van der Waals surface area contributed by atoms with Gasteiger partial charge in [0.15, 0.2) is 0 Å². The van der Waals surface area contributed by atoms with Gasteiger partial charge in [-0.3, -0.25) is 0 Å². The molecule has 0 fully saturated rings. The van der Waals surface area contributed by atoms with E-state index in [0.29, 0.717) is 0 Å². The van der Waals surface area contributed by atoms with Crippen LogP contribution in [-0.4, -0.2) is 15.5 Å². The van der Waals surface area contributed by atoms with Gasteiger partial charge in [0.2, 0.25) is 5.28 Å². The summed E-state index contributed by atoms with van der Waals surface area (Å²) in [6.07, 6.45) is 0. The molecule has 0 saturated carbocycles. The number of fused-ring (bicyclic) bond motifs is 1. The predicted molar refractivity (Wildman–Crippen MR) is 65.8 cm³/mol. The Hall–Kier alpha value is -0.870. The van der Waals surface area contributed by atoms with E-state index >= 15 is 0 Å². The zero-order valence-corrected chi connectivity index (χ0v) is 10.4. The Morgan fingerprint density at radius 3 is 2.73 bits per heavy atom. The molecule has 0 radical (unpaired) electrons. The highest BCUT2D eigenvalue weighted by atomic mass is 35.5. The van der Waals surface area contributed by atoms with Gasteiger partial charge in [0.25, 0.3) is 0 Å². The molecule has 15 heavy (non-hydrogen) atoms. The van der Waals surface area contributed by atoms with Crippen molar-refractivity contribution in [3.63, 3.8) is 0 Å². The highest BCUT2D eigenvalue weighted by molar-refractivity contribution is 7.16. The number of thiophene rings is 1. The first-order chi connectivity index (χ1) is 6.96. The minimum Gasteiger partial charge on any atom is -0.365 e. The fraction of sp³-hybridized carbons (Fsp3) is 0.400. The number of aromatic nitrogens is 2. The maximum atomic E-state index is 5.85. The van der Waals surface area contributed by atoms with Crippen molar-refractivity contribution in [2.45, 2.75) is 26.3 Å². The van der Waals surface area contributed by atoms with Crippen LogP contribution in [0.1, 0.15) is 20.8 Å². The summed E-state index contributed by atoms with van der Waals surface area (Å²) in [5.41, 5.74) is -0.0352. The lowest BCUT2D eigenvalue weighted by Gasteiger charge is -2.21. The van der Waals surface area contributed by atoms with Gasteiger partial charge in [-0.05, 0) is 43.8 Å². The van der Waals surface area contributed by atoms with Crippen LogP contribution >= 0.6 is 22.9 Å². The first kappa shape index (κ1) is 10.6. The van der Waals surface area contributed by atoms with Crippen molar-refractivity contribution < 1.29 is 0 Å². The molecular formula is C10H12ClN3S. The molecule has 0 aliphatic carbocycles. The minimum absolute atomic E-state index is 0.0352. The normalized spacial score (nSPS) is 12.0. The van der Waals surface area contributed by atoms with Crippen molar-refractivity contribution >= 4 is 39.0 Å². The molecule has 5 heteroatoms. The SMILES string of the molecule is CC(C)(C)Nc1nc(Cl)nc2sccc12. The van der Waals surface area contributed by atoms with Gasteiger partial charge in [0, 0.05) is 5.54 Å². The number of nitrogens with zero attached hydrogens (tertiary/aromatic N) is 2. The summed E-state index contributed by atoms with van der Waals surface area (Å²) in [5.74, 6) is 0.804. The third kappa shape index (κ3) is 2.38. The average molecular weight is 242 g/mol. The molecule has 0 aromatic carbocycles. The third-order valence-electron chi connectivity index (χ3n) is 1.79. The quantitative estimate of drug-likeness (QED) is 0.776. The first-order valence-electron chi connectivity index (χ1n) is 4.65. The Labute approximate surface area is 97.5 Å². The summed E-state index contributed by atoms with van der Waals surface area (Å²) < 4.78 is 0. The van der Waals surface area contributed by atoms with E-state index in [2.05, 4.69) is 36.1 Å². The summed E-state index contributed by atoms with van der Waals surface area (Å²) >= 11 is 7.42. The molecule has 1 N–H and O–H groups in total. The molecule has 3 nitrogen and oxygen atoms in total. The lowest BCUT2D eigenvalue weighted by atomic mass is 10.1. The molecule has 0 bridgehead atoms. The van der Waals surface area contributed by atoms with Crippen LogP contribution in [0, 0.1) is 0 Å². The second-order valence-corrected chi connectivity index (χ2v) is 5.59. The number of hydrogen-bond acceptors (Lipinski definition) is 4. The predicted octanol–water partition coefficient (Wildman–Crippen LogP) is 3.56. The van der Waals surface area contributed by atoms with E-state index in [-0.39, 0.29) is 10.8 Å². The highest BCUT2D eigenvalue weighted by Crippen LogP contribution is 2.27. The Kier molecular flexibility index (Phi) is 2.56. The molecular weight excluding hydrogens is 230 g/mol. The van der Waals surface area contributed by atoms with Crippen LogP contribution in [0.3, 0.4) is 0 Å². The Morgan fingerprint density at radius 2 is 2.07 bits per heavy atom. The molecule has 0 unspecified atom stereocenters. The zero-order chi connectivity index (χ0) is 11.1. The van der Waals surface area contributed by atoms with Gasteiger partial charge in [-0.2, -0.15) is 0 Å². The monoisotopic (exact) mass is 241 g/mol. The van der Waals surface area contributed by atoms with Gasteiger partial charge in [-0.15, -0.1) is 11.3 Å². The van der Waals surface area contributed by atoms with Crippen molar-refractivity contribution in [1.82, 2.24) is 9.97 Å². The number of hydrogen-bond donors (Lipinski definition) is 1. The van der Waals surface area contributed by atoms with Gasteiger partial charge in [-0.25, -0.2) is 9.97 Å². The molecule has 0 saturated heterocycles. The number of anilines is 1. The largest absolute Gasteiger partial charge is 0.365 e. The number of nitrogens with one attached hydrogen (secondary N) is 1. The average Bonchev–Trinajstić information content (AvgIpc) is 2.48. The van der Waals surface area contributed by atoms with Crippen molar-refractivity contribution in [1.29, 1.82) is 0 Å². The van der Waals surface area contributed by atoms with Crippen molar-refractivity contribution in [3.8, 4) is 0 Å². The van der Waals surface area contributed by atoms with E-state index in [1.54, 1.807) is 11.3 Å². The van der Waals surface area contributed by atoms with Crippen LogP contribution in [0.5, 0.6) is 0 Å². The van der Waals surface area contributed by atoms with Crippen LogP contribution in [0.2, 0.25) is 5.28 Å². The maximum Gasteiger partial charge on any atom is 0.225 e. The Bertz CT molecular complexity index is 487. The summed E-state index contributed by atoms with van der Waals surface area (Å²) in [5, 5.41) is 6.63. The molecule has 0 aliphatic rings. The summed E-state index contributed by atoms with van der Waals surface area (Å²) in [6, 6.07) is 2.00. The first-order valence-corrected chi connectivity index (χ1v) is 5.90. The van der Waals surface area contributed by atoms with Crippen molar-refractivity contribution in [3.05, 3.63) is 16.7 Å². The van der Waals surface area contributed by atoms with E-state index in [1.165, 1.54) is 0 Å². The maximum absolute atomic E-state index is 5.85. The summed E-state index contributed by atoms with van der Waals surface area (Å²) in [4.78, 5) is 9.29. The molecule has 2 heterocycles. The smallest absolute Gasteiger partial charge is 0.225 e. The van der Waals surface area contributed by atoms with Crippen molar-refractivity contribution in [2.24, 2.45) is 0 Å². The topological polar surface area (TPSA) is 37.8 Å². The zero-order valence-electron chi connectivity index (χ0n) is 8.84. The number of rotatable bonds is 1. The molecule has 80 valence electrons. The fourth-order valence-corrected chi connectivity index (χ4v) is 2.26. The molecule has 0 amide bonds. The van der Waals surface area contributed by atoms with Gasteiger partial charge < -0.3 is 5.32 Å². The van der Waals surface area contributed by atoms with E-state index in [9.17, 15) is 0 Å².